The second kappa shape index (κ2) is 8.05. The summed E-state index contributed by atoms with van der Waals surface area (Å²) in [5, 5.41) is 8.03. The van der Waals surface area contributed by atoms with Crippen molar-refractivity contribution in [1.82, 2.24) is 20.0 Å². The second-order valence-electron chi connectivity index (χ2n) is 7.77. The van der Waals surface area contributed by atoms with E-state index in [9.17, 15) is 0 Å². The van der Waals surface area contributed by atoms with Crippen molar-refractivity contribution >= 4 is 21.9 Å². The molecule has 3 unspecified atom stereocenters. The quantitative estimate of drug-likeness (QED) is 0.583. The van der Waals surface area contributed by atoms with E-state index in [1.807, 2.05) is 17.9 Å². The minimum absolute atomic E-state index is 0.508. The van der Waals surface area contributed by atoms with Crippen molar-refractivity contribution in [3.05, 3.63) is 52.3 Å². The van der Waals surface area contributed by atoms with E-state index in [0.29, 0.717) is 17.9 Å². The Morgan fingerprint density at radius 2 is 2.15 bits per heavy atom. The third-order valence-electron chi connectivity index (χ3n) is 5.58. The molecule has 1 aromatic carbocycles. The van der Waals surface area contributed by atoms with Crippen LogP contribution in [-0.4, -0.2) is 46.3 Å². The van der Waals surface area contributed by atoms with Crippen LogP contribution in [-0.2, 0) is 13.5 Å². The lowest BCUT2D eigenvalue weighted by Crippen LogP contribution is -2.41. The molecule has 4 rings (SSSR count). The van der Waals surface area contributed by atoms with Crippen molar-refractivity contribution in [2.45, 2.75) is 38.1 Å². The van der Waals surface area contributed by atoms with Gasteiger partial charge in [0.1, 0.15) is 0 Å². The van der Waals surface area contributed by atoms with Crippen LogP contribution in [0.4, 0.5) is 0 Å². The number of aliphatic imine (C=N–C) groups is 1. The molecular weight excluding hydrogens is 402 g/mol. The van der Waals surface area contributed by atoms with Crippen molar-refractivity contribution in [1.29, 1.82) is 0 Å². The number of halogens is 1. The fourth-order valence-electron chi connectivity index (χ4n) is 4.09. The van der Waals surface area contributed by atoms with Gasteiger partial charge in [0.25, 0.3) is 0 Å². The SMILES string of the molecule is CCN=C(NC1CC1c1ccc(Br)cc1)N1CCC(Cc2cnn(C)c2)C1. The van der Waals surface area contributed by atoms with Crippen molar-refractivity contribution in [2.24, 2.45) is 18.0 Å². The lowest BCUT2D eigenvalue weighted by molar-refractivity contribution is 0.458. The highest BCUT2D eigenvalue weighted by Gasteiger charge is 2.40. The van der Waals surface area contributed by atoms with Gasteiger partial charge in [-0.2, -0.15) is 5.10 Å². The molecule has 144 valence electrons. The molecule has 1 aromatic heterocycles. The number of hydrogen-bond acceptors (Lipinski definition) is 2. The summed E-state index contributed by atoms with van der Waals surface area (Å²) in [6.07, 6.45) is 7.65. The van der Waals surface area contributed by atoms with E-state index in [1.165, 1.54) is 24.0 Å². The fourth-order valence-corrected chi connectivity index (χ4v) is 4.35. The largest absolute Gasteiger partial charge is 0.353 e. The summed E-state index contributed by atoms with van der Waals surface area (Å²) in [5.41, 5.74) is 2.76. The highest BCUT2D eigenvalue weighted by Crippen LogP contribution is 2.41. The Bertz CT molecular complexity index is 797. The van der Waals surface area contributed by atoms with Gasteiger partial charge in [0.15, 0.2) is 5.96 Å². The number of rotatable bonds is 5. The highest BCUT2D eigenvalue weighted by molar-refractivity contribution is 9.10. The van der Waals surface area contributed by atoms with Crippen molar-refractivity contribution < 1.29 is 0 Å². The molecule has 3 atom stereocenters. The van der Waals surface area contributed by atoms with Gasteiger partial charge < -0.3 is 10.2 Å². The molecule has 2 fully saturated rings. The topological polar surface area (TPSA) is 45.5 Å². The summed E-state index contributed by atoms with van der Waals surface area (Å²) < 4.78 is 3.03. The Balaban J connectivity index is 1.33. The summed E-state index contributed by atoms with van der Waals surface area (Å²) in [4.78, 5) is 7.23. The lowest BCUT2D eigenvalue weighted by Gasteiger charge is -2.22. The van der Waals surface area contributed by atoms with E-state index in [1.54, 1.807) is 0 Å². The molecule has 2 aromatic rings. The molecular formula is C21H28BrN5. The first kappa shape index (κ1) is 18.5. The van der Waals surface area contributed by atoms with Crippen molar-refractivity contribution in [2.75, 3.05) is 19.6 Å². The maximum atomic E-state index is 4.78. The summed E-state index contributed by atoms with van der Waals surface area (Å²) in [5.74, 6) is 2.38. The number of aromatic nitrogens is 2. The second-order valence-corrected chi connectivity index (χ2v) is 8.69. The van der Waals surface area contributed by atoms with Gasteiger partial charge in [-0.25, -0.2) is 0 Å². The Morgan fingerprint density at radius 1 is 1.33 bits per heavy atom. The van der Waals surface area contributed by atoms with Crippen LogP contribution in [0.3, 0.4) is 0 Å². The first-order valence-electron chi connectivity index (χ1n) is 9.91. The van der Waals surface area contributed by atoms with Crippen LogP contribution >= 0.6 is 15.9 Å². The predicted octanol–water partition coefficient (Wildman–Crippen LogP) is 3.57. The van der Waals surface area contributed by atoms with Gasteiger partial charge in [-0.15, -0.1) is 0 Å². The molecule has 1 saturated heterocycles. The van der Waals surface area contributed by atoms with E-state index in [4.69, 9.17) is 4.99 Å². The molecule has 1 saturated carbocycles. The van der Waals surface area contributed by atoms with E-state index in [2.05, 4.69) is 68.6 Å². The van der Waals surface area contributed by atoms with Gasteiger partial charge in [0, 0.05) is 49.3 Å². The maximum absolute atomic E-state index is 4.78. The van der Waals surface area contributed by atoms with E-state index in [0.717, 1.165) is 36.5 Å². The van der Waals surface area contributed by atoms with Crippen molar-refractivity contribution in [3.8, 4) is 0 Å². The smallest absolute Gasteiger partial charge is 0.194 e. The summed E-state index contributed by atoms with van der Waals surface area (Å²) in [6.45, 7) is 5.11. The van der Waals surface area contributed by atoms with Crippen LogP contribution in [0.15, 0.2) is 46.1 Å². The van der Waals surface area contributed by atoms with Crippen LogP contribution in [0.25, 0.3) is 0 Å². The first-order chi connectivity index (χ1) is 13.1. The zero-order valence-corrected chi connectivity index (χ0v) is 17.7. The number of hydrogen-bond donors (Lipinski definition) is 1. The molecule has 5 nitrogen and oxygen atoms in total. The zero-order chi connectivity index (χ0) is 18.8. The highest BCUT2D eigenvalue weighted by atomic mass is 79.9. The monoisotopic (exact) mass is 429 g/mol. The molecule has 2 aliphatic rings. The Hall–Kier alpha value is -1.82. The molecule has 1 aliphatic carbocycles. The first-order valence-corrected chi connectivity index (χ1v) is 10.7. The summed E-state index contributed by atoms with van der Waals surface area (Å²) >= 11 is 3.52. The van der Waals surface area contributed by atoms with E-state index in [-0.39, 0.29) is 0 Å². The number of benzene rings is 1. The van der Waals surface area contributed by atoms with Crippen LogP contribution in [0.2, 0.25) is 0 Å². The van der Waals surface area contributed by atoms with Gasteiger partial charge in [-0.3, -0.25) is 9.67 Å². The number of aryl methyl sites for hydroxylation is 1. The Labute approximate surface area is 170 Å². The minimum Gasteiger partial charge on any atom is -0.353 e. The average Bonchev–Trinajstić information content (AvgIpc) is 3.05. The Kier molecular flexibility index (Phi) is 5.53. The third-order valence-corrected chi connectivity index (χ3v) is 6.11. The fraction of sp³-hybridized carbons (Fsp3) is 0.524. The van der Waals surface area contributed by atoms with Crippen LogP contribution in [0, 0.1) is 5.92 Å². The molecule has 2 heterocycles. The molecule has 0 radical (unpaired) electrons. The molecule has 0 spiro atoms. The number of likely N-dealkylation sites (tertiary alicyclic amines) is 1. The maximum Gasteiger partial charge on any atom is 0.194 e. The van der Waals surface area contributed by atoms with Crippen molar-refractivity contribution in [3.63, 3.8) is 0 Å². The van der Waals surface area contributed by atoms with Crippen LogP contribution in [0.1, 0.15) is 36.8 Å². The van der Waals surface area contributed by atoms with Gasteiger partial charge in [0.2, 0.25) is 0 Å². The van der Waals surface area contributed by atoms with E-state index >= 15 is 0 Å². The van der Waals surface area contributed by atoms with Crippen LogP contribution in [0.5, 0.6) is 0 Å². The van der Waals surface area contributed by atoms with Gasteiger partial charge >= 0.3 is 0 Å². The summed E-state index contributed by atoms with van der Waals surface area (Å²) in [6, 6.07) is 9.23. The number of nitrogens with zero attached hydrogens (tertiary/aromatic N) is 4. The number of nitrogens with one attached hydrogen (secondary N) is 1. The summed E-state index contributed by atoms with van der Waals surface area (Å²) in [7, 11) is 1.98. The molecule has 0 amide bonds. The molecule has 6 heteroatoms. The molecule has 1 aliphatic heterocycles. The lowest BCUT2D eigenvalue weighted by atomic mass is 10.0. The molecule has 1 N–H and O–H groups in total. The molecule has 0 bridgehead atoms. The third kappa shape index (κ3) is 4.54. The standard InChI is InChI=1S/C21H28BrN5/c1-3-23-21(25-20-11-19(20)17-4-6-18(22)7-5-17)27-9-8-15(14-27)10-16-12-24-26(2)13-16/h4-7,12-13,15,19-20H,3,8-11,14H2,1-2H3,(H,23,25). The normalized spacial score (nSPS) is 25.1. The number of guanidine groups is 1. The average molecular weight is 430 g/mol. The zero-order valence-electron chi connectivity index (χ0n) is 16.1. The molecule has 27 heavy (non-hydrogen) atoms. The van der Waals surface area contributed by atoms with Gasteiger partial charge in [-0.05, 0) is 55.4 Å². The van der Waals surface area contributed by atoms with Gasteiger partial charge in [-0.1, -0.05) is 28.1 Å². The van der Waals surface area contributed by atoms with E-state index < -0.39 is 0 Å². The Morgan fingerprint density at radius 3 is 2.85 bits per heavy atom. The minimum atomic E-state index is 0.508. The van der Waals surface area contributed by atoms with Gasteiger partial charge in [0.05, 0.1) is 6.20 Å². The van der Waals surface area contributed by atoms with Crippen LogP contribution < -0.4 is 5.32 Å². The predicted molar refractivity (Wildman–Crippen MR) is 113 cm³/mol.